The maximum atomic E-state index is 9.90. The monoisotopic (exact) mass is 416 g/mol. The van der Waals surface area contributed by atoms with Crippen molar-refractivity contribution in [2.45, 2.75) is 37.8 Å². The maximum absolute atomic E-state index is 9.90. The number of nitrogens with one attached hydrogen (secondary N) is 2. The van der Waals surface area contributed by atoms with Crippen LogP contribution in [0.25, 0.3) is 22.0 Å². The number of fused-ring (bicyclic) bond motifs is 1. The molecule has 1 fully saturated rings. The fourth-order valence-corrected chi connectivity index (χ4v) is 4.93. The van der Waals surface area contributed by atoms with Crippen molar-refractivity contribution in [3.8, 4) is 16.9 Å². The van der Waals surface area contributed by atoms with Gasteiger partial charge < -0.3 is 15.2 Å². The molecule has 6 heteroatoms. The van der Waals surface area contributed by atoms with Crippen molar-refractivity contribution in [1.82, 2.24) is 15.2 Å². The molecule has 2 heterocycles. The average Bonchev–Trinajstić information content (AvgIpc) is 3.22. The molecule has 0 aliphatic heterocycles. The van der Waals surface area contributed by atoms with E-state index < -0.39 is 0 Å². The standard InChI is InChI=1S/C25H28N4O2/c1-31-24-12-13-26-15-21(24)17-8-11-23-20(14-17)25(29-28-23)27-22-5-3-2-4-19(22)16-6-9-18(30)10-7-16/h2-5,8,11-16,18-19,22,30H,6-7,9-10H2,1H3,(H2,27,28,29). The number of methoxy groups -OCH3 is 1. The molecule has 0 bridgehead atoms. The molecule has 6 nitrogen and oxygen atoms in total. The van der Waals surface area contributed by atoms with Crippen LogP contribution in [0.1, 0.15) is 25.7 Å². The van der Waals surface area contributed by atoms with Crippen molar-refractivity contribution in [3.05, 3.63) is 61.0 Å². The van der Waals surface area contributed by atoms with Crippen molar-refractivity contribution in [2.75, 3.05) is 12.4 Å². The first kappa shape index (κ1) is 19.8. The molecule has 2 atom stereocenters. The van der Waals surface area contributed by atoms with Crippen LogP contribution in [-0.2, 0) is 0 Å². The number of aromatic amines is 1. The zero-order valence-electron chi connectivity index (χ0n) is 17.7. The fourth-order valence-electron chi connectivity index (χ4n) is 4.93. The van der Waals surface area contributed by atoms with Crippen molar-refractivity contribution >= 4 is 16.7 Å². The zero-order chi connectivity index (χ0) is 21.2. The van der Waals surface area contributed by atoms with E-state index in [9.17, 15) is 5.11 Å². The second-order valence-corrected chi connectivity index (χ2v) is 8.49. The molecule has 2 aliphatic carbocycles. The van der Waals surface area contributed by atoms with Gasteiger partial charge in [-0.05, 0) is 55.4 Å². The molecule has 1 aromatic carbocycles. The number of rotatable bonds is 5. The van der Waals surface area contributed by atoms with Crippen molar-refractivity contribution < 1.29 is 9.84 Å². The minimum Gasteiger partial charge on any atom is -0.496 e. The van der Waals surface area contributed by atoms with Gasteiger partial charge >= 0.3 is 0 Å². The Bertz CT molecular complexity index is 1110. The molecule has 160 valence electrons. The number of aromatic nitrogens is 3. The number of ether oxygens (including phenoxy) is 1. The number of allylic oxidation sites excluding steroid dienone is 2. The van der Waals surface area contributed by atoms with Crippen LogP contribution >= 0.6 is 0 Å². The Morgan fingerprint density at radius 2 is 1.94 bits per heavy atom. The van der Waals surface area contributed by atoms with E-state index in [4.69, 9.17) is 4.74 Å². The molecule has 1 saturated carbocycles. The van der Waals surface area contributed by atoms with Gasteiger partial charge in [-0.25, -0.2) is 0 Å². The second-order valence-electron chi connectivity index (χ2n) is 8.49. The van der Waals surface area contributed by atoms with Crippen molar-refractivity contribution in [1.29, 1.82) is 0 Å². The van der Waals surface area contributed by atoms with Crippen LogP contribution in [-0.4, -0.2) is 39.5 Å². The zero-order valence-corrected chi connectivity index (χ0v) is 17.7. The number of benzene rings is 1. The molecule has 3 N–H and O–H groups in total. The summed E-state index contributed by atoms with van der Waals surface area (Å²) in [6.45, 7) is 0. The summed E-state index contributed by atoms with van der Waals surface area (Å²) in [6, 6.07) is 8.29. The summed E-state index contributed by atoms with van der Waals surface area (Å²) in [7, 11) is 1.68. The minimum atomic E-state index is -0.135. The number of H-pyrrole nitrogens is 1. The van der Waals surface area contributed by atoms with E-state index in [-0.39, 0.29) is 12.1 Å². The second kappa shape index (κ2) is 8.55. The summed E-state index contributed by atoms with van der Waals surface area (Å²) >= 11 is 0. The quantitative estimate of drug-likeness (QED) is 0.561. The van der Waals surface area contributed by atoms with Crippen LogP contribution < -0.4 is 10.1 Å². The Kier molecular flexibility index (Phi) is 5.47. The normalized spacial score (nSPS) is 25.6. The molecule has 0 spiro atoms. The Morgan fingerprint density at radius 1 is 1.10 bits per heavy atom. The van der Waals surface area contributed by atoms with Crippen LogP contribution in [0.15, 0.2) is 61.0 Å². The lowest BCUT2D eigenvalue weighted by molar-refractivity contribution is 0.0965. The lowest BCUT2D eigenvalue weighted by atomic mass is 9.74. The predicted octanol–water partition coefficient (Wildman–Crippen LogP) is 4.71. The van der Waals surface area contributed by atoms with Gasteiger partial charge in [0.2, 0.25) is 0 Å². The van der Waals surface area contributed by atoms with E-state index in [0.29, 0.717) is 11.8 Å². The third kappa shape index (κ3) is 3.95. The third-order valence-electron chi connectivity index (χ3n) is 6.64. The highest BCUT2D eigenvalue weighted by Crippen LogP contribution is 2.37. The van der Waals surface area contributed by atoms with Gasteiger partial charge in [0, 0.05) is 29.3 Å². The van der Waals surface area contributed by atoms with Gasteiger partial charge in [0.25, 0.3) is 0 Å². The van der Waals surface area contributed by atoms with E-state index >= 15 is 0 Å². The Hall–Kier alpha value is -3.12. The molecular weight excluding hydrogens is 388 g/mol. The Morgan fingerprint density at radius 3 is 2.77 bits per heavy atom. The number of nitrogens with zero attached hydrogens (tertiary/aromatic N) is 2. The number of hydrogen-bond donors (Lipinski definition) is 3. The SMILES string of the molecule is COc1ccncc1-c1ccc2[nH]nc(NC3C=CC=CC3C3CCC(O)CC3)c2c1. The third-order valence-corrected chi connectivity index (χ3v) is 6.64. The van der Waals surface area contributed by atoms with E-state index in [1.54, 1.807) is 13.3 Å². The summed E-state index contributed by atoms with van der Waals surface area (Å²) in [6.07, 6.45) is 16.1. The van der Waals surface area contributed by atoms with Crippen LogP contribution in [0, 0.1) is 11.8 Å². The Labute approximate surface area is 182 Å². The summed E-state index contributed by atoms with van der Waals surface area (Å²) in [4.78, 5) is 4.27. The molecule has 0 amide bonds. The maximum Gasteiger partial charge on any atom is 0.156 e. The van der Waals surface area contributed by atoms with Gasteiger partial charge in [0.1, 0.15) is 5.75 Å². The van der Waals surface area contributed by atoms with Gasteiger partial charge in [-0.15, -0.1) is 0 Å². The van der Waals surface area contributed by atoms with Crippen LogP contribution in [0.2, 0.25) is 0 Å². The average molecular weight is 417 g/mol. The highest BCUT2D eigenvalue weighted by Gasteiger charge is 2.31. The highest BCUT2D eigenvalue weighted by atomic mass is 16.5. The molecule has 0 saturated heterocycles. The van der Waals surface area contributed by atoms with E-state index in [0.717, 1.165) is 59.3 Å². The van der Waals surface area contributed by atoms with Gasteiger partial charge in [-0.2, -0.15) is 5.10 Å². The number of pyridine rings is 1. The lowest BCUT2D eigenvalue weighted by Crippen LogP contribution is -2.35. The fraction of sp³-hybridized carbons (Fsp3) is 0.360. The van der Waals surface area contributed by atoms with Crippen LogP contribution in [0.4, 0.5) is 5.82 Å². The molecular formula is C25H28N4O2. The smallest absolute Gasteiger partial charge is 0.156 e. The van der Waals surface area contributed by atoms with Gasteiger partial charge in [-0.1, -0.05) is 30.4 Å². The number of anilines is 1. The molecule has 2 unspecified atom stereocenters. The van der Waals surface area contributed by atoms with Crippen LogP contribution in [0.3, 0.4) is 0 Å². The summed E-state index contributed by atoms with van der Waals surface area (Å²) in [5.41, 5.74) is 2.98. The summed E-state index contributed by atoms with van der Waals surface area (Å²) in [5, 5.41) is 22.4. The molecule has 0 radical (unpaired) electrons. The van der Waals surface area contributed by atoms with E-state index in [1.165, 1.54) is 0 Å². The lowest BCUT2D eigenvalue weighted by Gasteiger charge is -2.35. The molecule has 2 aromatic heterocycles. The van der Waals surface area contributed by atoms with Gasteiger partial charge in [-0.3, -0.25) is 10.1 Å². The largest absolute Gasteiger partial charge is 0.496 e. The van der Waals surface area contributed by atoms with Gasteiger partial charge in [0.15, 0.2) is 5.82 Å². The van der Waals surface area contributed by atoms with Crippen LogP contribution in [0.5, 0.6) is 5.75 Å². The van der Waals surface area contributed by atoms with E-state index in [2.05, 4.69) is 56.9 Å². The van der Waals surface area contributed by atoms with Gasteiger partial charge in [0.05, 0.1) is 24.8 Å². The number of hydrogen-bond acceptors (Lipinski definition) is 5. The first-order chi connectivity index (χ1) is 15.2. The first-order valence-electron chi connectivity index (χ1n) is 11.0. The predicted molar refractivity (Wildman–Crippen MR) is 123 cm³/mol. The first-order valence-corrected chi connectivity index (χ1v) is 11.0. The molecule has 2 aliphatic rings. The molecule has 3 aromatic rings. The highest BCUT2D eigenvalue weighted by molar-refractivity contribution is 5.93. The van der Waals surface area contributed by atoms with Crippen molar-refractivity contribution in [3.63, 3.8) is 0 Å². The summed E-state index contributed by atoms with van der Waals surface area (Å²) < 4.78 is 5.52. The van der Waals surface area contributed by atoms with E-state index in [1.807, 2.05) is 18.3 Å². The van der Waals surface area contributed by atoms with Crippen molar-refractivity contribution in [2.24, 2.45) is 11.8 Å². The molecule has 31 heavy (non-hydrogen) atoms. The number of aliphatic hydroxyl groups excluding tert-OH is 1. The summed E-state index contributed by atoms with van der Waals surface area (Å²) in [5.74, 6) is 2.62. The topological polar surface area (TPSA) is 83.1 Å². The molecule has 5 rings (SSSR count). The number of aliphatic hydroxyl groups is 1. The minimum absolute atomic E-state index is 0.135. The Balaban J connectivity index is 1.43.